The number of aliphatic hydroxyl groups is 1. The van der Waals surface area contributed by atoms with E-state index in [2.05, 4.69) is 4.98 Å². The Morgan fingerprint density at radius 3 is 2.96 bits per heavy atom. The summed E-state index contributed by atoms with van der Waals surface area (Å²) in [5.41, 5.74) is -1.13. The van der Waals surface area contributed by atoms with E-state index in [9.17, 15) is 19.5 Å². The lowest BCUT2D eigenvalue weighted by Gasteiger charge is -2.22. The molecule has 10 heteroatoms. The zero-order valence-electron chi connectivity index (χ0n) is 15.0. The first-order valence-corrected chi connectivity index (χ1v) is 11.4. The summed E-state index contributed by atoms with van der Waals surface area (Å²) in [6.07, 6.45) is 0.663. The fourth-order valence-corrected chi connectivity index (χ4v) is 6.19. The summed E-state index contributed by atoms with van der Waals surface area (Å²) < 4.78 is 12.8. The topological polar surface area (TPSA) is 111 Å². The molecule has 0 bridgehead atoms. The van der Waals surface area contributed by atoms with Gasteiger partial charge in [-0.05, 0) is 12.8 Å². The molecule has 0 aromatic carbocycles. The molecule has 2 fully saturated rings. The summed E-state index contributed by atoms with van der Waals surface area (Å²) in [6, 6.07) is 1.22. The average molecular weight is 417 g/mol. The maximum absolute atomic E-state index is 12.1. The largest absolute Gasteiger partial charge is 0.388 e. The minimum Gasteiger partial charge on any atom is -0.388 e. The fourth-order valence-electron chi connectivity index (χ4n) is 3.26. The maximum atomic E-state index is 12.1. The number of H-pyrrole nitrogens is 1. The van der Waals surface area contributed by atoms with Crippen LogP contribution in [0, 0.1) is 0 Å². The average Bonchev–Trinajstić information content (AvgIpc) is 3.24. The van der Waals surface area contributed by atoms with Gasteiger partial charge in [-0.1, -0.05) is 28.5 Å². The standard InChI is InChI=1S/C17H24N2O6S2/c1-2-12-14(22)15(16(25-12)19-6-3-13(21)18-17(19)23)24-7-4-10(20)9-11-5-8-26-27-11/h3,6,11-12,14-16,22H,2,4-5,7-9H2,1H3,(H,18,21,23)/t11?,12-,14?,15+,16-/m1/s1. The molecule has 0 aliphatic carbocycles. The van der Waals surface area contributed by atoms with Crippen LogP contribution in [-0.2, 0) is 14.3 Å². The van der Waals surface area contributed by atoms with Crippen LogP contribution in [0.15, 0.2) is 21.9 Å². The Morgan fingerprint density at radius 2 is 2.30 bits per heavy atom. The van der Waals surface area contributed by atoms with Crippen molar-refractivity contribution in [1.82, 2.24) is 9.55 Å². The molecule has 2 aliphatic heterocycles. The Bertz CT molecular complexity index is 760. The van der Waals surface area contributed by atoms with Crippen molar-refractivity contribution >= 4 is 27.4 Å². The first kappa shape index (κ1) is 20.7. The van der Waals surface area contributed by atoms with E-state index in [4.69, 9.17) is 9.47 Å². The van der Waals surface area contributed by atoms with Gasteiger partial charge in [0, 0.05) is 36.1 Å². The van der Waals surface area contributed by atoms with Crippen molar-refractivity contribution in [3.8, 4) is 0 Å². The monoisotopic (exact) mass is 416 g/mol. The molecule has 3 heterocycles. The van der Waals surface area contributed by atoms with Crippen LogP contribution in [0.4, 0.5) is 0 Å². The van der Waals surface area contributed by atoms with Crippen LogP contribution >= 0.6 is 21.6 Å². The number of aliphatic hydroxyl groups excluding tert-OH is 1. The van der Waals surface area contributed by atoms with Gasteiger partial charge < -0.3 is 14.6 Å². The molecule has 150 valence electrons. The Labute approximate surface area is 164 Å². The van der Waals surface area contributed by atoms with Gasteiger partial charge in [0.2, 0.25) is 0 Å². The van der Waals surface area contributed by atoms with Gasteiger partial charge in [0.05, 0.1) is 12.7 Å². The zero-order chi connectivity index (χ0) is 19.4. The normalized spacial score (nSPS) is 30.7. The van der Waals surface area contributed by atoms with Gasteiger partial charge in [-0.25, -0.2) is 4.79 Å². The number of Topliss-reactive ketones (excluding diaryl/α,β-unsaturated/α-hetero) is 1. The lowest BCUT2D eigenvalue weighted by Crippen LogP contribution is -2.39. The number of carbonyl (C=O) groups is 1. The van der Waals surface area contributed by atoms with Crippen molar-refractivity contribution in [2.75, 3.05) is 12.4 Å². The van der Waals surface area contributed by atoms with Crippen LogP contribution in [0.3, 0.4) is 0 Å². The summed E-state index contributed by atoms with van der Waals surface area (Å²) >= 11 is 0. The zero-order valence-corrected chi connectivity index (χ0v) is 16.7. The van der Waals surface area contributed by atoms with Gasteiger partial charge >= 0.3 is 5.69 Å². The number of nitrogens with zero attached hydrogens (tertiary/aromatic N) is 1. The molecular formula is C17H24N2O6S2. The highest BCUT2D eigenvalue weighted by atomic mass is 33.1. The van der Waals surface area contributed by atoms with E-state index in [0.29, 0.717) is 18.1 Å². The Hall–Kier alpha value is -1.07. The van der Waals surface area contributed by atoms with Gasteiger partial charge in [-0.2, -0.15) is 0 Å². The second-order valence-corrected chi connectivity index (χ2v) is 9.43. The second-order valence-electron chi connectivity index (χ2n) is 6.64. The van der Waals surface area contributed by atoms with E-state index >= 15 is 0 Å². The van der Waals surface area contributed by atoms with Crippen molar-refractivity contribution < 1.29 is 19.4 Å². The van der Waals surface area contributed by atoms with Crippen molar-refractivity contribution in [2.45, 2.75) is 62.4 Å². The third-order valence-corrected chi connectivity index (χ3v) is 7.65. The minimum absolute atomic E-state index is 0.133. The van der Waals surface area contributed by atoms with Gasteiger partial charge in [0.25, 0.3) is 5.56 Å². The predicted octanol–water partition coefficient (Wildman–Crippen LogP) is 1.09. The van der Waals surface area contributed by atoms with Gasteiger partial charge in [-0.3, -0.25) is 19.1 Å². The fraction of sp³-hybridized carbons (Fsp3) is 0.706. The van der Waals surface area contributed by atoms with Crippen LogP contribution in [-0.4, -0.2) is 56.4 Å². The quantitative estimate of drug-likeness (QED) is 0.606. The number of ketones is 1. The van der Waals surface area contributed by atoms with Crippen molar-refractivity contribution in [3.05, 3.63) is 33.1 Å². The van der Waals surface area contributed by atoms with Crippen LogP contribution in [0.2, 0.25) is 0 Å². The first-order valence-electron chi connectivity index (χ1n) is 9.06. The van der Waals surface area contributed by atoms with E-state index in [-0.39, 0.29) is 18.8 Å². The number of aromatic nitrogens is 2. The van der Waals surface area contributed by atoms with E-state index < -0.39 is 35.8 Å². The number of aromatic amines is 1. The molecule has 0 spiro atoms. The summed E-state index contributed by atoms with van der Waals surface area (Å²) in [7, 11) is 3.56. The molecule has 1 aromatic rings. The lowest BCUT2D eigenvalue weighted by atomic mass is 10.1. The molecule has 2 saturated heterocycles. The van der Waals surface area contributed by atoms with E-state index in [1.54, 1.807) is 21.6 Å². The van der Waals surface area contributed by atoms with Crippen LogP contribution in [0.1, 0.15) is 38.8 Å². The SMILES string of the molecule is CC[C@H]1O[C@@H](n2ccc(=O)[nH]c2=O)[C@@H](OCCC(=O)CC2CCSS2)C1O. The number of nitrogens with one attached hydrogen (secondary N) is 1. The minimum atomic E-state index is -0.921. The molecule has 27 heavy (non-hydrogen) atoms. The highest BCUT2D eigenvalue weighted by Crippen LogP contribution is 2.39. The number of ether oxygens (including phenoxy) is 2. The van der Waals surface area contributed by atoms with E-state index in [1.807, 2.05) is 6.92 Å². The molecule has 2 aliphatic rings. The Balaban J connectivity index is 1.62. The lowest BCUT2D eigenvalue weighted by molar-refractivity contribution is -0.122. The Kier molecular flexibility index (Phi) is 7.21. The Morgan fingerprint density at radius 1 is 1.48 bits per heavy atom. The van der Waals surface area contributed by atoms with Crippen LogP contribution in [0.25, 0.3) is 0 Å². The highest BCUT2D eigenvalue weighted by molar-refractivity contribution is 8.77. The maximum Gasteiger partial charge on any atom is 0.330 e. The summed E-state index contributed by atoms with van der Waals surface area (Å²) in [4.78, 5) is 37.7. The van der Waals surface area contributed by atoms with Crippen molar-refractivity contribution in [1.29, 1.82) is 0 Å². The molecule has 2 unspecified atom stereocenters. The number of hydrogen-bond donors (Lipinski definition) is 2. The molecule has 2 N–H and O–H groups in total. The second kappa shape index (κ2) is 9.42. The molecule has 5 atom stereocenters. The predicted molar refractivity (Wildman–Crippen MR) is 104 cm³/mol. The third kappa shape index (κ3) is 5.05. The first-order chi connectivity index (χ1) is 13.0. The molecule has 0 saturated carbocycles. The van der Waals surface area contributed by atoms with Gasteiger partial charge in [-0.15, -0.1) is 0 Å². The smallest absolute Gasteiger partial charge is 0.330 e. The van der Waals surface area contributed by atoms with Crippen LogP contribution in [0.5, 0.6) is 0 Å². The van der Waals surface area contributed by atoms with Gasteiger partial charge in [0.15, 0.2) is 6.23 Å². The van der Waals surface area contributed by atoms with Crippen LogP contribution < -0.4 is 11.2 Å². The number of hydrogen-bond acceptors (Lipinski definition) is 8. The molecule has 3 rings (SSSR count). The summed E-state index contributed by atoms with van der Waals surface area (Å²) in [5.74, 6) is 1.21. The molecule has 0 radical (unpaired) electrons. The molecular weight excluding hydrogens is 392 g/mol. The van der Waals surface area contributed by atoms with Gasteiger partial charge in [0.1, 0.15) is 18.0 Å². The summed E-state index contributed by atoms with van der Waals surface area (Å²) in [6.45, 7) is 2.02. The molecule has 0 amide bonds. The molecule has 8 nitrogen and oxygen atoms in total. The van der Waals surface area contributed by atoms with E-state index in [1.165, 1.54) is 16.8 Å². The number of carbonyl (C=O) groups excluding carboxylic acids is 1. The molecule has 1 aromatic heterocycles. The number of rotatable bonds is 8. The third-order valence-electron chi connectivity index (χ3n) is 4.71. The highest BCUT2D eigenvalue weighted by Gasteiger charge is 2.45. The van der Waals surface area contributed by atoms with Crippen molar-refractivity contribution in [3.63, 3.8) is 0 Å². The van der Waals surface area contributed by atoms with Crippen molar-refractivity contribution in [2.24, 2.45) is 0 Å². The van der Waals surface area contributed by atoms with E-state index in [0.717, 1.165) is 12.2 Å². The summed E-state index contributed by atoms with van der Waals surface area (Å²) in [5, 5.41) is 10.9.